The standard InChI is InChI=1S/C13H19NO/c1-4-15-13-9-10(2)12(6-5-7-14)8-11(13)3/h5-6,8-9H,4,7,14H2,1-3H3/b6-5+. The molecule has 0 saturated heterocycles. The summed E-state index contributed by atoms with van der Waals surface area (Å²) >= 11 is 0. The van der Waals surface area contributed by atoms with Gasteiger partial charge in [-0.05, 0) is 49.6 Å². The molecule has 0 unspecified atom stereocenters. The van der Waals surface area contributed by atoms with Crippen LogP contribution in [0.1, 0.15) is 23.6 Å². The zero-order chi connectivity index (χ0) is 11.3. The summed E-state index contributed by atoms with van der Waals surface area (Å²) < 4.78 is 5.53. The summed E-state index contributed by atoms with van der Waals surface area (Å²) in [5, 5.41) is 0. The molecule has 0 amide bonds. The second kappa shape index (κ2) is 5.56. The molecule has 0 atom stereocenters. The summed E-state index contributed by atoms with van der Waals surface area (Å²) in [7, 11) is 0. The number of hydrogen-bond donors (Lipinski definition) is 1. The van der Waals surface area contributed by atoms with E-state index in [0.717, 1.165) is 5.75 Å². The smallest absolute Gasteiger partial charge is 0.122 e. The maximum atomic E-state index is 5.53. The molecule has 2 nitrogen and oxygen atoms in total. The lowest BCUT2D eigenvalue weighted by Gasteiger charge is -2.10. The Kier molecular flexibility index (Phi) is 4.37. The second-order valence-electron chi connectivity index (χ2n) is 3.55. The van der Waals surface area contributed by atoms with Crippen molar-refractivity contribution in [3.05, 3.63) is 34.9 Å². The lowest BCUT2D eigenvalue weighted by molar-refractivity contribution is 0.337. The van der Waals surface area contributed by atoms with Crippen molar-refractivity contribution in [2.75, 3.05) is 13.2 Å². The van der Waals surface area contributed by atoms with Crippen LogP contribution in [0.4, 0.5) is 0 Å². The predicted octanol–water partition coefficient (Wildman–Crippen LogP) is 2.67. The highest BCUT2D eigenvalue weighted by Crippen LogP contribution is 2.23. The van der Waals surface area contributed by atoms with E-state index in [0.29, 0.717) is 13.2 Å². The van der Waals surface area contributed by atoms with E-state index in [1.165, 1.54) is 16.7 Å². The minimum absolute atomic E-state index is 0.575. The number of benzene rings is 1. The van der Waals surface area contributed by atoms with Gasteiger partial charge in [0.05, 0.1) is 6.61 Å². The molecular formula is C13H19NO. The first-order valence-corrected chi connectivity index (χ1v) is 5.29. The van der Waals surface area contributed by atoms with Crippen LogP contribution in [0.3, 0.4) is 0 Å². The minimum Gasteiger partial charge on any atom is -0.494 e. The zero-order valence-electron chi connectivity index (χ0n) is 9.71. The van der Waals surface area contributed by atoms with Crippen LogP contribution < -0.4 is 10.5 Å². The van der Waals surface area contributed by atoms with Gasteiger partial charge >= 0.3 is 0 Å². The second-order valence-corrected chi connectivity index (χ2v) is 3.55. The van der Waals surface area contributed by atoms with Crippen LogP contribution in [0.2, 0.25) is 0 Å². The third-order valence-electron chi connectivity index (χ3n) is 2.30. The van der Waals surface area contributed by atoms with E-state index < -0.39 is 0 Å². The molecule has 1 rings (SSSR count). The van der Waals surface area contributed by atoms with Gasteiger partial charge in [-0.15, -0.1) is 0 Å². The fourth-order valence-corrected chi connectivity index (χ4v) is 1.50. The van der Waals surface area contributed by atoms with E-state index in [1.54, 1.807) is 0 Å². The van der Waals surface area contributed by atoms with Gasteiger partial charge in [-0.2, -0.15) is 0 Å². The fraction of sp³-hybridized carbons (Fsp3) is 0.385. The summed E-state index contributed by atoms with van der Waals surface area (Å²) in [6, 6.07) is 4.21. The number of ether oxygens (including phenoxy) is 1. The van der Waals surface area contributed by atoms with Crippen molar-refractivity contribution in [2.45, 2.75) is 20.8 Å². The number of rotatable bonds is 4. The molecule has 0 aliphatic carbocycles. The van der Waals surface area contributed by atoms with Crippen LogP contribution in [-0.4, -0.2) is 13.2 Å². The largest absolute Gasteiger partial charge is 0.494 e. The van der Waals surface area contributed by atoms with Crippen molar-refractivity contribution in [2.24, 2.45) is 5.73 Å². The minimum atomic E-state index is 0.575. The topological polar surface area (TPSA) is 35.2 Å². The highest BCUT2D eigenvalue weighted by molar-refractivity contribution is 5.57. The molecule has 1 aromatic rings. The van der Waals surface area contributed by atoms with E-state index in [1.807, 2.05) is 13.0 Å². The van der Waals surface area contributed by atoms with Crippen molar-refractivity contribution in [3.8, 4) is 5.75 Å². The SMILES string of the molecule is CCOc1cc(C)c(/C=C/CN)cc1C. The lowest BCUT2D eigenvalue weighted by Crippen LogP contribution is -1.96. The molecule has 0 aromatic heterocycles. The Morgan fingerprint density at radius 3 is 2.60 bits per heavy atom. The molecular weight excluding hydrogens is 186 g/mol. The third kappa shape index (κ3) is 3.10. The maximum absolute atomic E-state index is 5.53. The third-order valence-corrected chi connectivity index (χ3v) is 2.30. The zero-order valence-corrected chi connectivity index (χ0v) is 9.71. The Balaban J connectivity index is 3.02. The van der Waals surface area contributed by atoms with Gasteiger partial charge in [0.15, 0.2) is 0 Å². The summed E-state index contributed by atoms with van der Waals surface area (Å²) in [5.41, 5.74) is 9.02. The van der Waals surface area contributed by atoms with Crippen LogP contribution in [0.15, 0.2) is 18.2 Å². The predicted molar refractivity (Wildman–Crippen MR) is 65.2 cm³/mol. The van der Waals surface area contributed by atoms with Crippen molar-refractivity contribution in [1.29, 1.82) is 0 Å². The molecule has 0 heterocycles. The molecule has 0 aliphatic rings. The van der Waals surface area contributed by atoms with E-state index in [-0.39, 0.29) is 0 Å². The van der Waals surface area contributed by atoms with Gasteiger partial charge in [0.25, 0.3) is 0 Å². The van der Waals surface area contributed by atoms with Gasteiger partial charge in [0.2, 0.25) is 0 Å². The molecule has 0 radical (unpaired) electrons. The van der Waals surface area contributed by atoms with Crippen LogP contribution in [0.5, 0.6) is 5.75 Å². The van der Waals surface area contributed by atoms with Crippen molar-refractivity contribution in [3.63, 3.8) is 0 Å². The van der Waals surface area contributed by atoms with Crippen LogP contribution in [0, 0.1) is 13.8 Å². The highest BCUT2D eigenvalue weighted by atomic mass is 16.5. The first-order valence-electron chi connectivity index (χ1n) is 5.29. The number of hydrogen-bond acceptors (Lipinski definition) is 2. The highest BCUT2D eigenvalue weighted by Gasteiger charge is 2.02. The molecule has 0 fully saturated rings. The van der Waals surface area contributed by atoms with E-state index in [4.69, 9.17) is 10.5 Å². The van der Waals surface area contributed by atoms with Crippen LogP contribution in [0.25, 0.3) is 6.08 Å². The quantitative estimate of drug-likeness (QED) is 0.820. The van der Waals surface area contributed by atoms with Crippen molar-refractivity contribution in [1.82, 2.24) is 0 Å². The van der Waals surface area contributed by atoms with E-state index >= 15 is 0 Å². The Morgan fingerprint density at radius 1 is 1.27 bits per heavy atom. The molecule has 0 bridgehead atoms. The normalized spacial score (nSPS) is 10.9. The van der Waals surface area contributed by atoms with Crippen LogP contribution in [-0.2, 0) is 0 Å². The Labute approximate surface area is 91.7 Å². The van der Waals surface area contributed by atoms with E-state index in [9.17, 15) is 0 Å². The Hall–Kier alpha value is -1.28. The maximum Gasteiger partial charge on any atom is 0.122 e. The van der Waals surface area contributed by atoms with Crippen molar-refractivity contribution >= 4 is 6.08 Å². The summed E-state index contributed by atoms with van der Waals surface area (Å²) in [5.74, 6) is 0.972. The average molecular weight is 205 g/mol. The monoisotopic (exact) mass is 205 g/mol. The molecule has 1 aromatic carbocycles. The molecule has 0 aliphatic heterocycles. The van der Waals surface area contributed by atoms with Gasteiger partial charge in [-0.1, -0.05) is 12.2 Å². The number of aryl methyl sites for hydroxylation is 2. The first kappa shape index (κ1) is 11.8. The summed E-state index contributed by atoms with van der Waals surface area (Å²) in [6.07, 6.45) is 4.01. The molecule has 2 N–H and O–H groups in total. The Morgan fingerprint density at radius 2 is 2.00 bits per heavy atom. The van der Waals surface area contributed by atoms with Gasteiger partial charge in [-0.25, -0.2) is 0 Å². The molecule has 2 heteroatoms. The Bertz CT molecular complexity index is 356. The fourth-order valence-electron chi connectivity index (χ4n) is 1.50. The van der Waals surface area contributed by atoms with Gasteiger partial charge in [0.1, 0.15) is 5.75 Å². The van der Waals surface area contributed by atoms with E-state index in [2.05, 4.69) is 32.1 Å². The van der Waals surface area contributed by atoms with Crippen molar-refractivity contribution < 1.29 is 4.74 Å². The first-order chi connectivity index (χ1) is 7.19. The molecule has 0 spiro atoms. The van der Waals surface area contributed by atoms with Crippen LogP contribution >= 0.6 is 0 Å². The molecule has 82 valence electrons. The summed E-state index contributed by atoms with van der Waals surface area (Å²) in [4.78, 5) is 0. The van der Waals surface area contributed by atoms with Gasteiger partial charge < -0.3 is 10.5 Å². The van der Waals surface area contributed by atoms with Gasteiger partial charge in [0, 0.05) is 6.54 Å². The lowest BCUT2D eigenvalue weighted by atomic mass is 10.0. The summed E-state index contributed by atoms with van der Waals surface area (Å²) in [6.45, 7) is 7.42. The van der Waals surface area contributed by atoms with Gasteiger partial charge in [-0.3, -0.25) is 0 Å². The molecule has 0 saturated carbocycles. The average Bonchev–Trinajstić information content (AvgIpc) is 2.21. The molecule has 15 heavy (non-hydrogen) atoms. The number of nitrogens with two attached hydrogens (primary N) is 1.